The third-order valence-corrected chi connectivity index (χ3v) is 5.69. The van der Waals surface area contributed by atoms with Crippen LogP contribution in [0.25, 0.3) is 11.1 Å². The normalized spacial score (nSPS) is 19.5. The van der Waals surface area contributed by atoms with Crippen LogP contribution in [0.5, 0.6) is 0 Å². The molecule has 0 spiro atoms. The number of anilines is 1. The number of amides is 1. The Balaban J connectivity index is 1.83. The number of aromatic nitrogens is 1. The summed E-state index contributed by atoms with van der Waals surface area (Å²) in [6, 6.07) is 6.03. The summed E-state index contributed by atoms with van der Waals surface area (Å²) in [5, 5.41) is 3.01. The van der Waals surface area contributed by atoms with Crippen molar-refractivity contribution in [3.05, 3.63) is 51.4 Å². The van der Waals surface area contributed by atoms with Crippen molar-refractivity contribution in [2.75, 3.05) is 11.9 Å². The molecule has 5 heteroatoms. The Morgan fingerprint density at radius 3 is 2.81 bits per heavy atom. The Morgan fingerprint density at radius 2 is 2.07 bits per heavy atom. The maximum Gasteiger partial charge on any atom is 0.253 e. The van der Waals surface area contributed by atoms with Crippen molar-refractivity contribution >= 4 is 11.6 Å². The first-order chi connectivity index (χ1) is 13.0. The van der Waals surface area contributed by atoms with E-state index in [1.165, 1.54) is 17.5 Å². The quantitative estimate of drug-likeness (QED) is 0.906. The Hall–Kier alpha value is -2.40. The van der Waals surface area contributed by atoms with Gasteiger partial charge in [-0.2, -0.15) is 0 Å². The minimum absolute atomic E-state index is 0.0288. The molecular weight excluding hydrogens is 340 g/mol. The number of rotatable bonds is 3. The van der Waals surface area contributed by atoms with Crippen LogP contribution in [-0.2, 0) is 29.4 Å². The molecule has 0 radical (unpaired) electrons. The summed E-state index contributed by atoms with van der Waals surface area (Å²) in [5.74, 6) is 0.0769. The first kappa shape index (κ1) is 18.0. The second-order valence-electron chi connectivity index (χ2n) is 7.69. The molecule has 1 aromatic carbocycles. The third kappa shape index (κ3) is 3.56. The van der Waals surface area contributed by atoms with E-state index in [0.717, 1.165) is 54.7 Å². The van der Waals surface area contributed by atoms with Crippen molar-refractivity contribution < 1.29 is 9.53 Å². The highest BCUT2D eigenvalue weighted by atomic mass is 16.5. The largest absolute Gasteiger partial charge is 0.378 e. The van der Waals surface area contributed by atoms with Crippen molar-refractivity contribution in [2.45, 2.75) is 51.6 Å². The topological polar surface area (TPSA) is 60.3 Å². The van der Waals surface area contributed by atoms with Crippen molar-refractivity contribution in [1.82, 2.24) is 4.57 Å². The number of hydrogen-bond acceptors (Lipinski definition) is 3. The summed E-state index contributed by atoms with van der Waals surface area (Å²) in [6.45, 7) is 2.68. The van der Waals surface area contributed by atoms with Crippen LogP contribution in [0.4, 0.5) is 5.69 Å². The van der Waals surface area contributed by atoms with Gasteiger partial charge in [0.05, 0.1) is 6.10 Å². The second kappa shape index (κ2) is 7.31. The van der Waals surface area contributed by atoms with Crippen LogP contribution in [0.15, 0.2) is 29.2 Å². The summed E-state index contributed by atoms with van der Waals surface area (Å²) >= 11 is 0. The number of aryl methyl sites for hydroxylation is 2. The maximum absolute atomic E-state index is 12.1. The molecule has 0 bridgehead atoms. The molecule has 0 saturated carbocycles. The smallest absolute Gasteiger partial charge is 0.253 e. The number of ether oxygens (including phenoxy) is 1. The van der Waals surface area contributed by atoms with Crippen molar-refractivity contribution in [3.63, 3.8) is 0 Å². The fraction of sp³-hybridized carbons (Fsp3) is 0.455. The molecule has 1 unspecified atom stereocenters. The van der Waals surface area contributed by atoms with Crippen molar-refractivity contribution in [3.8, 4) is 11.1 Å². The molecule has 1 aromatic heterocycles. The van der Waals surface area contributed by atoms with E-state index in [9.17, 15) is 9.59 Å². The van der Waals surface area contributed by atoms with Gasteiger partial charge in [-0.3, -0.25) is 9.59 Å². The molecule has 1 saturated heterocycles. The predicted octanol–water partition coefficient (Wildman–Crippen LogP) is 3.36. The zero-order chi connectivity index (χ0) is 19.0. The molecule has 142 valence electrons. The molecule has 1 N–H and O–H groups in total. The molecule has 1 amide bonds. The number of pyridine rings is 1. The van der Waals surface area contributed by atoms with Gasteiger partial charge in [-0.25, -0.2) is 0 Å². The van der Waals surface area contributed by atoms with Crippen LogP contribution in [0.1, 0.15) is 42.4 Å². The average Bonchev–Trinajstić information content (AvgIpc) is 2.66. The lowest BCUT2D eigenvalue weighted by atomic mass is 9.86. The summed E-state index contributed by atoms with van der Waals surface area (Å²) < 4.78 is 7.65. The van der Waals surface area contributed by atoms with E-state index < -0.39 is 0 Å². The summed E-state index contributed by atoms with van der Waals surface area (Å²) in [4.78, 5) is 24.0. The fourth-order valence-electron chi connectivity index (χ4n) is 4.27. The number of nitrogens with one attached hydrogen (secondary N) is 1. The Kier molecular flexibility index (Phi) is 4.87. The van der Waals surface area contributed by atoms with Gasteiger partial charge >= 0.3 is 0 Å². The number of nitrogens with zero attached hydrogens (tertiary/aromatic N) is 1. The average molecular weight is 366 g/mol. The highest BCUT2D eigenvalue weighted by Crippen LogP contribution is 2.36. The van der Waals surface area contributed by atoms with Crippen LogP contribution in [-0.4, -0.2) is 23.2 Å². The highest BCUT2D eigenvalue weighted by Gasteiger charge is 2.24. The molecule has 1 atom stereocenters. The van der Waals surface area contributed by atoms with Crippen molar-refractivity contribution in [2.24, 2.45) is 7.05 Å². The SMILES string of the molecule is Cc1cc(-c2ccc3c(c2CC2CCCCO2)CCC(=O)N3)cn(C)c1=O. The van der Waals surface area contributed by atoms with Crippen LogP contribution in [0, 0.1) is 6.92 Å². The van der Waals surface area contributed by atoms with Gasteiger partial charge in [-0.05, 0) is 73.4 Å². The Morgan fingerprint density at radius 1 is 1.22 bits per heavy atom. The van der Waals surface area contributed by atoms with Crippen LogP contribution in [0.2, 0.25) is 0 Å². The summed E-state index contributed by atoms with van der Waals surface area (Å²) in [5.41, 5.74) is 6.33. The highest BCUT2D eigenvalue weighted by molar-refractivity contribution is 5.95. The number of fused-ring (bicyclic) bond motifs is 1. The fourth-order valence-corrected chi connectivity index (χ4v) is 4.27. The molecule has 1 fully saturated rings. The molecule has 2 aliphatic rings. The summed E-state index contributed by atoms with van der Waals surface area (Å²) in [6.07, 6.45) is 7.64. The minimum atomic E-state index is 0.0288. The van der Waals surface area contributed by atoms with E-state index in [0.29, 0.717) is 6.42 Å². The Bertz CT molecular complexity index is 913. The van der Waals surface area contributed by atoms with Gasteiger partial charge in [-0.15, -0.1) is 0 Å². The second-order valence-corrected chi connectivity index (χ2v) is 7.69. The van der Waals surface area contributed by atoms with Gasteiger partial charge in [0.2, 0.25) is 5.91 Å². The van der Waals surface area contributed by atoms with Crippen molar-refractivity contribution in [1.29, 1.82) is 0 Å². The monoisotopic (exact) mass is 366 g/mol. The molecule has 3 heterocycles. The maximum atomic E-state index is 12.1. The van der Waals surface area contributed by atoms with Crippen LogP contribution < -0.4 is 10.9 Å². The first-order valence-electron chi connectivity index (χ1n) is 9.77. The van der Waals surface area contributed by atoms with Gasteiger partial charge in [0.25, 0.3) is 5.56 Å². The standard InChI is InChI=1S/C22H26N2O3/c1-14-11-15(13-24(2)22(14)26)17-6-8-20-18(7-9-21(25)23-20)19(17)12-16-5-3-4-10-27-16/h6,8,11,13,16H,3-5,7,9-10,12H2,1-2H3,(H,23,25). The lowest BCUT2D eigenvalue weighted by Gasteiger charge is -2.28. The molecule has 0 aliphatic carbocycles. The van der Waals surface area contributed by atoms with E-state index in [1.807, 2.05) is 25.3 Å². The predicted molar refractivity (Wildman–Crippen MR) is 106 cm³/mol. The van der Waals surface area contributed by atoms with Gasteiger partial charge < -0.3 is 14.6 Å². The summed E-state index contributed by atoms with van der Waals surface area (Å²) in [7, 11) is 1.79. The Labute approximate surface area is 159 Å². The molecule has 2 aliphatic heterocycles. The van der Waals surface area contributed by atoms with E-state index in [1.54, 1.807) is 11.6 Å². The van der Waals surface area contributed by atoms with Gasteiger partial charge in [0, 0.05) is 37.5 Å². The number of hydrogen-bond donors (Lipinski definition) is 1. The molecule has 5 nitrogen and oxygen atoms in total. The number of carbonyl (C=O) groups is 1. The number of benzene rings is 1. The van der Waals surface area contributed by atoms with E-state index >= 15 is 0 Å². The van der Waals surface area contributed by atoms with E-state index in [-0.39, 0.29) is 17.6 Å². The zero-order valence-electron chi connectivity index (χ0n) is 16.0. The zero-order valence-corrected chi connectivity index (χ0v) is 16.0. The molecular formula is C22H26N2O3. The van der Waals surface area contributed by atoms with E-state index in [2.05, 4.69) is 11.4 Å². The van der Waals surface area contributed by atoms with Gasteiger partial charge in [0.1, 0.15) is 0 Å². The number of carbonyl (C=O) groups excluding carboxylic acids is 1. The first-order valence-corrected chi connectivity index (χ1v) is 9.77. The minimum Gasteiger partial charge on any atom is -0.378 e. The molecule has 4 rings (SSSR count). The third-order valence-electron chi connectivity index (χ3n) is 5.69. The molecule has 2 aromatic rings. The lowest BCUT2D eigenvalue weighted by Crippen LogP contribution is -2.25. The van der Waals surface area contributed by atoms with Gasteiger partial charge in [0.15, 0.2) is 0 Å². The molecule has 27 heavy (non-hydrogen) atoms. The van der Waals surface area contributed by atoms with Gasteiger partial charge in [-0.1, -0.05) is 6.07 Å². The van der Waals surface area contributed by atoms with Crippen LogP contribution in [0.3, 0.4) is 0 Å². The van der Waals surface area contributed by atoms with E-state index in [4.69, 9.17) is 4.74 Å². The van der Waals surface area contributed by atoms with Crippen LogP contribution >= 0.6 is 0 Å². The lowest BCUT2D eigenvalue weighted by molar-refractivity contribution is -0.116.